The molecule has 0 saturated carbocycles. The summed E-state index contributed by atoms with van der Waals surface area (Å²) >= 11 is 3.47. The molecule has 0 aromatic heterocycles. The zero-order chi connectivity index (χ0) is 33.3. The van der Waals surface area contributed by atoms with Crippen LogP contribution in [0.5, 0.6) is 0 Å². The van der Waals surface area contributed by atoms with Crippen LogP contribution in [0, 0.1) is 10.1 Å². The van der Waals surface area contributed by atoms with Gasteiger partial charge in [0.05, 0.1) is 15.5 Å². The van der Waals surface area contributed by atoms with Crippen LogP contribution in [0.15, 0.2) is 119 Å². The Kier molecular flexibility index (Phi) is 11.7. The average Bonchev–Trinajstić information content (AvgIpc) is 3.05. The second-order valence-electron chi connectivity index (χ2n) is 10.8. The van der Waals surface area contributed by atoms with E-state index in [4.69, 9.17) is 0 Å². The summed E-state index contributed by atoms with van der Waals surface area (Å²) in [6, 6.07) is 28.1. The molecule has 0 radical (unpaired) electrons. The molecule has 2 amide bonds. The highest BCUT2D eigenvalue weighted by Gasteiger charge is 2.35. The van der Waals surface area contributed by atoms with Gasteiger partial charge >= 0.3 is 0 Å². The molecule has 0 unspecified atom stereocenters. The van der Waals surface area contributed by atoms with Crippen LogP contribution in [0.2, 0.25) is 0 Å². The van der Waals surface area contributed by atoms with Gasteiger partial charge in [0.15, 0.2) is 0 Å². The Hall–Kier alpha value is -4.55. The Morgan fingerprint density at radius 3 is 2.09 bits per heavy atom. The first-order chi connectivity index (χ1) is 22.0. The quantitative estimate of drug-likeness (QED) is 0.124. The fourth-order valence-electron chi connectivity index (χ4n) is 4.82. The van der Waals surface area contributed by atoms with E-state index in [1.54, 1.807) is 18.2 Å². The summed E-state index contributed by atoms with van der Waals surface area (Å²) in [7, 11) is -4.32. The van der Waals surface area contributed by atoms with E-state index in [0.717, 1.165) is 19.9 Å². The van der Waals surface area contributed by atoms with Gasteiger partial charge in [0.1, 0.15) is 12.6 Å². The zero-order valence-corrected chi connectivity index (χ0v) is 27.9. The summed E-state index contributed by atoms with van der Waals surface area (Å²) in [5.41, 5.74) is 1.38. The third kappa shape index (κ3) is 8.79. The summed E-state index contributed by atoms with van der Waals surface area (Å²) in [5.74, 6) is -0.993. The summed E-state index contributed by atoms with van der Waals surface area (Å²) in [5, 5.41) is 14.3. The molecule has 4 aromatic carbocycles. The van der Waals surface area contributed by atoms with Crippen LogP contribution in [-0.2, 0) is 32.6 Å². The van der Waals surface area contributed by atoms with E-state index in [2.05, 4.69) is 21.2 Å². The van der Waals surface area contributed by atoms with Crippen LogP contribution in [0.3, 0.4) is 0 Å². The highest BCUT2D eigenvalue weighted by molar-refractivity contribution is 9.10. The predicted octanol–water partition coefficient (Wildman–Crippen LogP) is 6.11. The topological polar surface area (TPSA) is 130 Å². The maximum atomic E-state index is 14.5. The second kappa shape index (κ2) is 15.6. The molecule has 0 aliphatic carbocycles. The molecule has 0 aliphatic heterocycles. The van der Waals surface area contributed by atoms with Gasteiger partial charge in [-0.05, 0) is 60.9 Å². The van der Waals surface area contributed by atoms with E-state index < -0.39 is 33.4 Å². The second-order valence-corrected chi connectivity index (χ2v) is 13.6. The standard InChI is InChI=1S/C34H35BrN4O6S/c1-3-25(2)36-34(41)32(22-26-11-6-4-7-12-26)37(23-27-13-10-14-28(35)21-27)33(40)24-38(29-17-19-30(20-18-29)39(42)43)46(44,45)31-15-8-5-9-16-31/h4-21,25,32H,3,22-24H2,1-2H3,(H,36,41)/t25-,32-/m1/s1. The van der Waals surface area contributed by atoms with Crippen molar-refractivity contribution in [3.8, 4) is 0 Å². The van der Waals surface area contributed by atoms with Crippen molar-refractivity contribution in [2.75, 3.05) is 10.8 Å². The summed E-state index contributed by atoms with van der Waals surface area (Å²) in [6.07, 6.45) is 0.860. The largest absolute Gasteiger partial charge is 0.352 e. The molecule has 0 spiro atoms. The van der Waals surface area contributed by atoms with E-state index >= 15 is 0 Å². The Bertz CT molecular complexity index is 1760. The predicted molar refractivity (Wildman–Crippen MR) is 181 cm³/mol. The van der Waals surface area contributed by atoms with Gasteiger partial charge in [0.25, 0.3) is 15.7 Å². The zero-order valence-electron chi connectivity index (χ0n) is 25.5. The molecule has 0 fully saturated rings. The number of halogens is 1. The molecule has 0 saturated heterocycles. The number of carbonyl (C=O) groups excluding carboxylic acids is 2. The number of hydrogen-bond acceptors (Lipinski definition) is 6. The summed E-state index contributed by atoms with van der Waals surface area (Å²) in [6.45, 7) is 3.17. The van der Waals surface area contributed by atoms with Crippen LogP contribution >= 0.6 is 15.9 Å². The van der Waals surface area contributed by atoms with Crippen LogP contribution in [0.25, 0.3) is 0 Å². The summed E-state index contributed by atoms with van der Waals surface area (Å²) in [4.78, 5) is 40.4. The van der Waals surface area contributed by atoms with Crippen molar-refractivity contribution in [1.29, 1.82) is 0 Å². The van der Waals surface area contributed by atoms with Gasteiger partial charge in [-0.25, -0.2) is 8.42 Å². The minimum absolute atomic E-state index is 0.0170. The highest BCUT2D eigenvalue weighted by Crippen LogP contribution is 2.27. The molecule has 4 aromatic rings. The van der Waals surface area contributed by atoms with Crippen LogP contribution in [-0.4, -0.2) is 48.7 Å². The first kappa shape index (κ1) is 34.3. The molecule has 240 valence electrons. The molecule has 10 nitrogen and oxygen atoms in total. The fourth-order valence-corrected chi connectivity index (χ4v) is 6.70. The number of benzene rings is 4. The highest BCUT2D eigenvalue weighted by atomic mass is 79.9. The smallest absolute Gasteiger partial charge is 0.269 e. The fraction of sp³-hybridized carbons (Fsp3) is 0.235. The van der Waals surface area contributed by atoms with Gasteiger partial charge in [0, 0.05) is 35.6 Å². The van der Waals surface area contributed by atoms with Gasteiger partial charge in [0.2, 0.25) is 11.8 Å². The van der Waals surface area contributed by atoms with E-state index in [1.807, 2.05) is 68.4 Å². The van der Waals surface area contributed by atoms with E-state index in [1.165, 1.54) is 41.3 Å². The van der Waals surface area contributed by atoms with Gasteiger partial charge in [-0.3, -0.25) is 24.0 Å². The number of anilines is 1. The van der Waals surface area contributed by atoms with Crippen molar-refractivity contribution in [3.63, 3.8) is 0 Å². The van der Waals surface area contributed by atoms with Crippen molar-refractivity contribution in [2.45, 2.75) is 50.2 Å². The molecule has 12 heteroatoms. The molecule has 2 atom stereocenters. The van der Waals surface area contributed by atoms with E-state index in [9.17, 15) is 28.1 Å². The lowest BCUT2D eigenvalue weighted by Crippen LogP contribution is -2.54. The molecule has 0 bridgehead atoms. The lowest BCUT2D eigenvalue weighted by Gasteiger charge is -2.34. The Morgan fingerprint density at radius 2 is 1.50 bits per heavy atom. The molecule has 0 heterocycles. The van der Waals surface area contributed by atoms with Crippen molar-refractivity contribution in [2.24, 2.45) is 0 Å². The third-order valence-electron chi connectivity index (χ3n) is 7.47. The number of rotatable bonds is 14. The minimum atomic E-state index is -4.32. The minimum Gasteiger partial charge on any atom is -0.352 e. The molecular weight excluding hydrogens is 672 g/mol. The van der Waals surface area contributed by atoms with Crippen molar-refractivity contribution in [3.05, 3.63) is 135 Å². The molecule has 1 N–H and O–H groups in total. The van der Waals surface area contributed by atoms with Gasteiger partial charge < -0.3 is 10.2 Å². The molecule has 46 heavy (non-hydrogen) atoms. The van der Waals surface area contributed by atoms with Gasteiger partial charge in [-0.1, -0.05) is 83.5 Å². The molecule has 0 aliphatic rings. The number of nitrogens with one attached hydrogen (secondary N) is 1. The lowest BCUT2D eigenvalue weighted by molar-refractivity contribution is -0.384. The van der Waals surface area contributed by atoms with Crippen molar-refractivity contribution >= 4 is 49.1 Å². The van der Waals surface area contributed by atoms with E-state index in [-0.39, 0.29) is 41.2 Å². The summed E-state index contributed by atoms with van der Waals surface area (Å²) < 4.78 is 29.8. The number of hydrogen-bond donors (Lipinski definition) is 1. The van der Waals surface area contributed by atoms with E-state index in [0.29, 0.717) is 6.42 Å². The number of amides is 2. The van der Waals surface area contributed by atoms with Crippen LogP contribution in [0.1, 0.15) is 31.4 Å². The number of nitro benzene ring substituents is 1. The van der Waals surface area contributed by atoms with Crippen molar-refractivity contribution < 1.29 is 22.9 Å². The Morgan fingerprint density at radius 1 is 0.891 bits per heavy atom. The lowest BCUT2D eigenvalue weighted by atomic mass is 10.0. The third-order valence-corrected chi connectivity index (χ3v) is 9.75. The average molecular weight is 708 g/mol. The number of non-ortho nitro benzene ring substituents is 1. The number of sulfonamides is 1. The number of nitrogens with zero attached hydrogens (tertiary/aromatic N) is 3. The maximum Gasteiger partial charge on any atom is 0.269 e. The first-order valence-electron chi connectivity index (χ1n) is 14.7. The van der Waals surface area contributed by atoms with Crippen LogP contribution in [0.4, 0.5) is 11.4 Å². The molecule has 4 rings (SSSR count). The van der Waals surface area contributed by atoms with Gasteiger partial charge in [-0.2, -0.15) is 0 Å². The Balaban J connectivity index is 1.81. The van der Waals surface area contributed by atoms with Gasteiger partial charge in [-0.15, -0.1) is 0 Å². The van der Waals surface area contributed by atoms with Crippen LogP contribution < -0.4 is 9.62 Å². The maximum absolute atomic E-state index is 14.5. The first-order valence-corrected chi connectivity index (χ1v) is 16.9. The van der Waals surface area contributed by atoms with Crippen molar-refractivity contribution in [1.82, 2.24) is 10.2 Å². The number of nitro groups is 1. The normalized spacial score (nSPS) is 12.5. The molecular formula is C34H35BrN4O6S. The number of carbonyl (C=O) groups is 2. The SMILES string of the molecule is CC[C@@H](C)NC(=O)[C@@H](Cc1ccccc1)N(Cc1cccc(Br)c1)C(=O)CN(c1ccc([N+](=O)[O-])cc1)S(=O)(=O)c1ccccc1. The monoisotopic (exact) mass is 706 g/mol. The Labute approximate surface area is 277 Å².